The zero-order chi connectivity index (χ0) is 29.9. The van der Waals surface area contributed by atoms with Crippen LogP contribution >= 0.6 is 0 Å². The summed E-state index contributed by atoms with van der Waals surface area (Å²) >= 11 is 0. The van der Waals surface area contributed by atoms with E-state index in [1.165, 1.54) is 210 Å². The van der Waals surface area contributed by atoms with Crippen molar-refractivity contribution in [3.8, 4) is 0 Å². The van der Waals surface area contributed by atoms with Crippen LogP contribution in [-0.4, -0.2) is 4.57 Å². The van der Waals surface area contributed by atoms with Crippen LogP contribution < -0.4 is 4.57 Å². The summed E-state index contributed by atoms with van der Waals surface area (Å²) in [6, 6.07) is 9.13. The van der Waals surface area contributed by atoms with Gasteiger partial charge in [0.05, 0.1) is 13.1 Å². The molecule has 0 bridgehead atoms. The molecule has 0 aliphatic carbocycles. The molecule has 2 nitrogen and oxygen atoms in total. The minimum absolute atomic E-state index is 1.18. The first-order valence-electron chi connectivity index (χ1n) is 19.3. The molecule has 2 rings (SSSR count). The average molecular weight is 582 g/mol. The van der Waals surface area contributed by atoms with Crippen molar-refractivity contribution in [1.29, 1.82) is 0 Å². The van der Waals surface area contributed by atoms with E-state index in [1.807, 2.05) is 0 Å². The van der Waals surface area contributed by atoms with Crippen molar-refractivity contribution < 1.29 is 4.57 Å². The van der Waals surface area contributed by atoms with E-state index in [4.69, 9.17) is 0 Å². The van der Waals surface area contributed by atoms with Gasteiger partial charge >= 0.3 is 0 Å². The van der Waals surface area contributed by atoms with Crippen molar-refractivity contribution in [2.24, 2.45) is 0 Å². The van der Waals surface area contributed by atoms with Gasteiger partial charge in [0.25, 0.3) is 5.82 Å². The van der Waals surface area contributed by atoms with Crippen LogP contribution in [-0.2, 0) is 13.1 Å². The van der Waals surface area contributed by atoms with Crippen LogP contribution in [0.2, 0.25) is 0 Å². The maximum atomic E-state index is 2.61. The number of hydrogen-bond acceptors (Lipinski definition) is 0. The van der Waals surface area contributed by atoms with Crippen molar-refractivity contribution >= 4 is 11.0 Å². The van der Waals surface area contributed by atoms with Gasteiger partial charge in [-0.3, -0.25) is 0 Å². The number of para-hydroxylation sites is 2. The molecule has 42 heavy (non-hydrogen) atoms. The van der Waals surface area contributed by atoms with Crippen molar-refractivity contribution in [2.45, 2.75) is 214 Å². The zero-order valence-electron chi connectivity index (χ0n) is 28.9. The Morgan fingerprint density at radius 3 is 1.24 bits per heavy atom. The summed E-state index contributed by atoms with van der Waals surface area (Å²) in [4.78, 5) is 0. The van der Waals surface area contributed by atoms with E-state index in [-0.39, 0.29) is 0 Å². The first kappa shape index (κ1) is 36.9. The van der Waals surface area contributed by atoms with Crippen molar-refractivity contribution in [2.75, 3.05) is 0 Å². The molecule has 0 aliphatic rings. The molecule has 1 aromatic heterocycles. The quantitative estimate of drug-likeness (QED) is 0.0641. The third-order valence-electron chi connectivity index (χ3n) is 9.72. The minimum Gasteiger partial charge on any atom is -0.227 e. The van der Waals surface area contributed by atoms with Gasteiger partial charge in [0.1, 0.15) is 0 Å². The van der Waals surface area contributed by atoms with Crippen LogP contribution in [0.4, 0.5) is 0 Å². The van der Waals surface area contributed by atoms with Gasteiger partial charge in [0.2, 0.25) is 0 Å². The molecule has 242 valence electrons. The third kappa shape index (κ3) is 16.5. The van der Waals surface area contributed by atoms with Gasteiger partial charge in [0.15, 0.2) is 11.0 Å². The lowest BCUT2D eigenvalue weighted by molar-refractivity contribution is -0.678. The van der Waals surface area contributed by atoms with Gasteiger partial charge in [-0.25, -0.2) is 9.13 Å². The minimum atomic E-state index is 1.18. The Morgan fingerprint density at radius 1 is 0.452 bits per heavy atom. The number of nitrogens with zero attached hydrogens (tertiary/aromatic N) is 2. The Hall–Kier alpha value is -1.31. The zero-order valence-corrected chi connectivity index (χ0v) is 28.9. The molecule has 0 amide bonds. The Morgan fingerprint density at radius 2 is 0.810 bits per heavy atom. The topological polar surface area (TPSA) is 8.81 Å². The van der Waals surface area contributed by atoms with E-state index >= 15 is 0 Å². The Balaban J connectivity index is 1.53. The largest absolute Gasteiger partial charge is 0.254 e. The maximum Gasteiger partial charge on any atom is 0.254 e. The van der Waals surface area contributed by atoms with Crippen molar-refractivity contribution in [3.63, 3.8) is 0 Å². The molecule has 0 fully saturated rings. The lowest BCUT2D eigenvalue weighted by atomic mass is 10.0. The molecular formula is C40H73N2+. The molecule has 0 saturated carbocycles. The van der Waals surface area contributed by atoms with E-state index in [2.05, 4.69) is 54.2 Å². The lowest BCUT2D eigenvalue weighted by Gasteiger charge is -2.04. The van der Waals surface area contributed by atoms with E-state index < -0.39 is 0 Å². The fraction of sp³-hybridized carbons (Fsp3) is 0.825. The second-order valence-corrected chi connectivity index (χ2v) is 13.5. The standard InChI is InChI=1S/C40H73N2/c1-4-6-8-10-12-14-16-18-20-22-24-26-28-32-36-41-38(3)42(40-35-31-30-34-39(40)41)37-33-29-27-25-23-21-19-17-15-13-11-9-7-5-2/h30-31,34-35H,4-29,32-33,36-37H2,1-3H3/q+1. The number of benzene rings is 1. The van der Waals surface area contributed by atoms with E-state index in [9.17, 15) is 0 Å². The summed E-state index contributed by atoms with van der Waals surface area (Å²) < 4.78 is 5.22. The first-order chi connectivity index (χ1) is 20.8. The molecule has 0 atom stereocenters. The van der Waals surface area contributed by atoms with Crippen LogP contribution in [0, 0.1) is 6.92 Å². The van der Waals surface area contributed by atoms with E-state index in [0.29, 0.717) is 0 Å². The predicted molar refractivity (Wildman–Crippen MR) is 187 cm³/mol. The average Bonchev–Trinajstić information content (AvgIpc) is 3.27. The lowest BCUT2D eigenvalue weighted by Crippen LogP contribution is -2.36. The molecule has 0 spiro atoms. The first-order valence-corrected chi connectivity index (χ1v) is 19.3. The smallest absolute Gasteiger partial charge is 0.227 e. The van der Waals surface area contributed by atoms with Crippen LogP contribution in [0.5, 0.6) is 0 Å². The number of rotatable bonds is 30. The fourth-order valence-corrected chi connectivity index (χ4v) is 6.91. The van der Waals surface area contributed by atoms with Gasteiger partial charge in [-0.15, -0.1) is 0 Å². The number of imidazole rings is 1. The highest BCUT2D eigenvalue weighted by Crippen LogP contribution is 2.18. The SMILES string of the molecule is CCCCCCCCCCCCCCCCn1c(C)[n+](CCCCCCCCCCCCCCCC)c2ccccc21. The molecular weight excluding hydrogens is 508 g/mol. The van der Waals surface area contributed by atoms with Gasteiger partial charge < -0.3 is 0 Å². The Bertz CT molecular complexity index is 797. The highest BCUT2D eigenvalue weighted by atomic mass is 15.2. The summed E-state index contributed by atoms with van der Waals surface area (Å²) in [5.74, 6) is 1.46. The normalized spacial score (nSPS) is 11.7. The van der Waals surface area contributed by atoms with Crippen LogP contribution in [0.3, 0.4) is 0 Å². The summed E-state index contributed by atoms with van der Waals surface area (Å²) in [6.45, 7) is 9.32. The summed E-state index contributed by atoms with van der Waals surface area (Å²) in [5.41, 5.74) is 2.88. The van der Waals surface area contributed by atoms with Gasteiger partial charge in [-0.1, -0.05) is 180 Å². The van der Waals surface area contributed by atoms with Crippen molar-refractivity contribution in [1.82, 2.24) is 4.57 Å². The van der Waals surface area contributed by atoms with E-state index in [1.54, 1.807) is 0 Å². The molecule has 0 N–H and O–H groups in total. The van der Waals surface area contributed by atoms with Crippen LogP contribution in [0.25, 0.3) is 11.0 Å². The van der Waals surface area contributed by atoms with Crippen molar-refractivity contribution in [3.05, 3.63) is 30.1 Å². The summed E-state index contributed by atoms with van der Waals surface area (Å²) in [5, 5.41) is 0. The van der Waals surface area contributed by atoms with Gasteiger partial charge in [-0.2, -0.15) is 0 Å². The van der Waals surface area contributed by atoms with Gasteiger partial charge in [0, 0.05) is 6.92 Å². The third-order valence-corrected chi connectivity index (χ3v) is 9.72. The van der Waals surface area contributed by atoms with Crippen LogP contribution in [0.15, 0.2) is 24.3 Å². The highest BCUT2D eigenvalue weighted by Gasteiger charge is 2.20. The molecule has 0 radical (unpaired) electrons. The number of hydrogen-bond donors (Lipinski definition) is 0. The number of fused-ring (bicyclic) bond motifs is 1. The molecule has 2 heteroatoms. The Labute approximate surface area is 263 Å². The maximum absolute atomic E-state index is 2.61. The molecule has 2 aromatic rings. The number of unbranched alkanes of at least 4 members (excludes halogenated alkanes) is 26. The second kappa shape index (κ2) is 26.1. The highest BCUT2D eigenvalue weighted by molar-refractivity contribution is 5.72. The second-order valence-electron chi connectivity index (χ2n) is 13.5. The van der Waals surface area contributed by atoms with Crippen LogP contribution in [0.1, 0.15) is 199 Å². The number of aromatic nitrogens is 2. The Kier molecular flexibility index (Phi) is 22.9. The summed E-state index contributed by atoms with van der Waals surface area (Å²) in [7, 11) is 0. The summed E-state index contributed by atoms with van der Waals surface area (Å²) in [6.07, 6.45) is 40.0. The molecule has 0 saturated heterocycles. The predicted octanol–water partition coefficient (Wildman–Crippen LogP) is 13.2. The molecule has 0 unspecified atom stereocenters. The number of aryl methyl sites for hydroxylation is 2. The van der Waals surface area contributed by atoms with E-state index in [0.717, 1.165) is 0 Å². The fourth-order valence-electron chi connectivity index (χ4n) is 6.91. The molecule has 0 aliphatic heterocycles. The molecule has 1 heterocycles. The monoisotopic (exact) mass is 582 g/mol. The van der Waals surface area contributed by atoms with Gasteiger partial charge in [-0.05, 0) is 37.8 Å². The molecule has 1 aromatic carbocycles.